The SMILES string of the molecule is CN(CCc1ccccc1)CN1C(=O)NC(c2ccccc2)(C(F)(F)F)C1=O. The van der Waals surface area contributed by atoms with Crippen LogP contribution in [0.1, 0.15) is 11.1 Å². The van der Waals surface area contributed by atoms with Gasteiger partial charge in [0.05, 0.1) is 6.67 Å². The maximum Gasteiger partial charge on any atom is 0.425 e. The molecule has 3 amide bonds. The highest BCUT2D eigenvalue weighted by Gasteiger charge is 2.68. The molecule has 1 fully saturated rings. The van der Waals surface area contributed by atoms with Gasteiger partial charge >= 0.3 is 12.2 Å². The van der Waals surface area contributed by atoms with Gasteiger partial charge in [-0.25, -0.2) is 9.69 Å². The van der Waals surface area contributed by atoms with Crippen LogP contribution in [0.2, 0.25) is 0 Å². The molecule has 0 saturated carbocycles. The number of carbonyl (C=O) groups excluding carboxylic acids is 2. The summed E-state index contributed by atoms with van der Waals surface area (Å²) in [5.41, 5.74) is -2.32. The van der Waals surface area contributed by atoms with E-state index in [0.29, 0.717) is 17.9 Å². The lowest BCUT2D eigenvalue weighted by Crippen LogP contribution is -2.56. The molecule has 2 aromatic rings. The van der Waals surface area contributed by atoms with E-state index in [1.807, 2.05) is 35.6 Å². The van der Waals surface area contributed by atoms with Crippen LogP contribution in [0.15, 0.2) is 60.7 Å². The molecule has 1 heterocycles. The van der Waals surface area contributed by atoms with Crippen molar-refractivity contribution < 1.29 is 22.8 Å². The fourth-order valence-corrected chi connectivity index (χ4v) is 3.22. The number of amides is 3. The molecule has 1 N–H and O–H groups in total. The molecular formula is C20H20F3N3O2. The Kier molecular flexibility index (Phi) is 5.42. The maximum atomic E-state index is 13.9. The zero-order valence-electron chi connectivity index (χ0n) is 15.2. The summed E-state index contributed by atoms with van der Waals surface area (Å²) in [6.45, 7) is 0.244. The molecule has 1 atom stereocenters. The summed E-state index contributed by atoms with van der Waals surface area (Å²) in [5, 5.41) is 1.89. The number of imide groups is 1. The van der Waals surface area contributed by atoms with E-state index in [1.54, 1.807) is 18.0 Å². The number of hydrogen-bond acceptors (Lipinski definition) is 3. The topological polar surface area (TPSA) is 52.6 Å². The average molecular weight is 391 g/mol. The predicted octanol–water partition coefficient (Wildman–Crippen LogP) is 3.13. The molecule has 148 valence electrons. The lowest BCUT2D eigenvalue weighted by Gasteiger charge is -2.30. The second kappa shape index (κ2) is 7.63. The minimum Gasteiger partial charge on any atom is -0.312 e. The van der Waals surface area contributed by atoms with E-state index >= 15 is 0 Å². The third kappa shape index (κ3) is 3.60. The van der Waals surface area contributed by atoms with Crippen molar-refractivity contribution in [2.24, 2.45) is 0 Å². The molecule has 28 heavy (non-hydrogen) atoms. The van der Waals surface area contributed by atoms with E-state index in [4.69, 9.17) is 0 Å². The predicted molar refractivity (Wildman–Crippen MR) is 97.2 cm³/mol. The standard InChI is InChI=1S/C20H20F3N3O2/c1-25(13-12-15-8-4-2-5-9-15)14-26-17(27)19(20(21,22)23,24-18(26)28)16-10-6-3-7-11-16/h2-11H,12-14H2,1H3,(H,24,28). The largest absolute Gasteiger partial charge is 0.425 e. The summed E-state index contributed by atoms with van der Waals surface area (Å²) in [6, 6.07) is 15.2. The van der Waals surface area contributed by atoms with Gasteiger partial charge < -0.3 is 5.32 Å². The fraction of sp³-hybridized carbons (Fsp3) is 0.300. The quantitative estimate of drug-likeness (QED) is 0.770. The van der Waals surface area contributed by atoms with Gasteiger partial charge in [0.2, 0.25) is 5.54 Å². The Hall–Kier alpha value is -2.87. The molecule has 1 saturated heterocycles. The summed E-state index contributed by atoms with van der Waals surface area (Å²) in [4.78, 5) is 27.3. The molecule has 0 aliphatic carbocycles. The minimum atomic E-state index is -4.97. The number of hydrogen-bond donors (Lipinski definition) is 1. The van der Waals surface area contributed by atoms with Gasteiger partial charge in [-0.15, -0.1) is 0 Å². The third-order valence-corrected chi connectivity index (χ3v) is 4.75. The molecule has 2 aromatic carbocycles. The third-order valence-electron chi connectivity index (χ3n) is 4.75. The molecule has 1 aliphatic heterocycles. The molecule has 0 bridgehead atoms. The number of benzene rings is 2. The van der Waals surface area contributed by atoms with E-state index in [1.165, 1.54) is 24.3 Å². The Morgan fingerprint density at radius 3 is 2.14 bits per heavy atom. The van der Waals surface area contributed by atoms with Crippen molar-refractivity contribution in [2.45, 2.75) is 18.1 Å². The first-order valence-electron chi connectivity index (χ1n) is 8.74. The lowest BCUT2D eigenvalue weighted by molar-refractivity contribution is -0.198. The highest BCUT2D eigenvalue weighted by atomic mass is 19.4. The van der Waals surface area contributed by atoms with Crippen molar-refractivity contribution >= 4 is 11.9 Å². The lowest BCUT2D eigenvalue weighted by atomic mass is 9.89. The smallest absolute Gasteiger partial charge is 0.312 e. The van der Waals surface area contributed by atoms with Gasteiger partial charge in [0.1, 0.15) is 0 Å². The van der Waals surface area contributed by atoms with Crippen molar-refractivity contribution in [1.29, 1.82) is 0 Å². The summed E-state index contributed by atoms with van der Waals surface area (Å²) >= 11 is 0. The van der Waals surface area contributed by atoms with Crippen LogP contribution >= 0.6 is 0 Å². The molecule has 1 unspecified atom stereocenters. The molecule has 0 spiro atoms. The monoisotopic (exact) mass is 391 g/mol. The van der Waals surface area contributed by atoms with Crippen molar-refractivity contribution in [2.75, 3.05) is 20.3 Å². The van der Waals surface area contributed by atoms with E-state index in [0.717, 1.165) is 5.56 Å². The Morgan fingerprint density at radius 2 is 1.57 bits per heavy atom. The van der Waals surface area contributed by atoms with Gasteiger partial charge in [-0.1, -0.05) is 60.7 Å². The van der Waals surface area contributed by atoms with Crippen LogP contribution in [0.5, 0.6) is 0 Å². The fourth-order valence-electron chi connectivity index (χ4n) is 3.22. The second-order valence-corrected chi connectivity index (χ2v) is 6.73. The van der Waals surface area contributed by atoms with Gasteiger partial charge in [0.15, 0.2) is 0 Å². The van der Waals surface area contributed by atoms with Gasteiger partial charge in [-0.2, -0.15) is 13.2 Å². The first kappa shape index (κ1) is 19.9. The first-order chi connectivity index (χ1) is 13.3. The summed E-state index contributed by atoms with van der Waals surface area (Å²) in [5.74, 6) is -1.32. The van der Waals surface area contributed by atoms with Crippen LogP contribution < -0.4 is 5.32 Å². The van der Waals surface area contributed by atoms with Crippen molar-refractivity contribution in [3.8, 4) is 0 Å². The normalized spacial score (nSPS) is 20.0. The van der Waals surface area contributed by atoms with Crippen LogP contribution in [0.3, 0.4) is 0 Å². The zero-order valence-corrected chi connectivity index (χ0v) is 15.2. The molecular weight excluding hydrogens is 371 g/mol. The summed E-state index contributed by atoms with van der Waals surface area (Å²) < 4.78 is 41.8. The van der Waals surface area contributed by atoms with Crippen molar-refractivity contribution in [3.05, 3.63) is 71.8 Å². The highest BCUT2D eigenvalue weighted by molar-refractivity contribution is 6.08. The minimum absolute atomic E-state index is 0.234. The van der Waals surface area contributed by atoms with Crippen molar-refractivity contribution in [3.63, 3.8) is 0 Å². The molecule has 1 aliphatic rings. The van der Waals surface area contributed by atoms with Gasteiger partial charge in [0, 0.05) is 6.54 Å². The maximum absolute atomic E-state index is 13.9. The Bertz CT molecular complexity index is 843. The Labute approximate surface area is 160 Å². The molecule has 0 radical (unpaired) electrons. The van der Waals surface area contributed by atoms with Crippen LogP contribution in [-0.4, -0.2) is 48.2 Å². The van der Waals surface area contributed by atoms with Crippen LogP contribution in [0.25, 0.3) is 0 Å². The number of alkyl halides is 3. The van der Waals surface area contributed by atoms with E-state index in [2.05, 4.69) is 0 Å². The van der Waals surface area contributed by atoms with E-state index < -0.39 is 23.7 Å². The van der Waals surface area contributed by atoms with Crippen LogP contribution in [0.4, 0.5) is 18.0 Å². The molecule has 3 rings (SSSR count). The van der Waals surface area contributed by atoms with Crippen LogP contribution in [-0.2, 0) is 16.8 Å². The first-order valence-corrected chi connectivity index (χ1v) is 8.74. The molecule has 8 heteroatoms. The van der Waals surface area contributed by atoms with Gasteiger partial charge in [-0.05, 0) is 24.6 Å². The molecule has 0 aromatic heterocycles. The summed E-state index contributed by atoms with van der Waals surface area (Å²) in [6.07, 6.45) is -4.33. The second-order valence-electron chi connectivity index (χ2n) is 6.73. The number of urea groups is 1. The van der Waals surface area contributed by atoms with E-state index in [9.17, 15) is 22.8 Å². The van der Waals surface area contributed by atoms with Crippen LogP contribution in [0, 0.1) is 0 Å². The average Bonchev–Trinajstić information content (AvgIpc) is 2.93. The number of nitrogens with zero attached hydrogens (tertiary/aromatic N) is 2. The molecule has 5 nitrogen and oxygen atoms in total. The van der Waals surface area contributed by atoms with E-state index in [-0.39, 0.29) is 12.2 Å². The number of rotatable bonds is 6. The number of carbonyl (C=O) groups is 2. The zero-order chi connectivity index (χ0) is 20.4. The van der Waals surface area contributed by atoms with Crippen molar-refractivity contribution in [1.82, 2.24) is 15.1 Å². The number of nitrogens with one attached hydrogen (secondary N) is 1. The Morgan fingerprint density at radius 1 is 1.00 bits per heavy atom. The summed E-state index contributed by atoms with van der Waals surface area (Å²) in [7, 11) is 1.65. The van der Waals surface area contributed by atoms with Gasteiger partial charge in [-0.3, -0.25) is 9.69 Å². The Balaban J connectivity index is 1.78. The highest BCUT2D eigenvalue weighted by Crippen LogP contribution is 2.43. The number of halogens is 3. The number of likely N-dealkylation sites (N-methyl/N-ethyl adjacent to an activating group) is 1. The van der Waals surface area contributed by atoms with Gasteiger partial charge in [0.25, 0.3) is 5.91 Å².